The van der Waals surface area contributed by atoms with E-state index in [0.29, 0.717) is 6.54 Å². The first-order valence-electron chi connectivity index (χ1n) is 5.83. The van der Waals surface area contributed by atoms with Crippen molar-refractivity contribution in [2.75, 3.05) is 17.6 Å². The van der Waals surface area contributed by atoms with Gasteiger partial charge in [0.05, 0.1) is 4.92 Å². The Kier molecular flexibility index (Phi) is 3.92. The van der Waals surface area contributed by atoms with Crippen LogP contribution >= 0.6 is 0 Å². The molecular weight excluding hydrogens is 244 g/mol. The highest BCUT2D eigenvalue weighted by atomic mass is 16.6. The lowest BCUT2D eigenvalue weighted by Crippen LogP contribution is -2.06. The number of hydrogen-bond acceptors (Lipinski definition) is 5. The van der Waals surface area contributed by atoms with E-state index in [1.165, 1.54) is 6.07 Å². The van der Waals surface area contributed by atoms with Crippen molar-refractivity contribution in [2.24, 2.45) is 0 Å². The van der Waals surface area contributed by atoms with Crippen LogP contribution in [-0.2, 0) is 6.42 Å². The minimum Gasteiger partial charge on any atom is -0.393 e. The van der Waals surface area contributed by atoms with E-state index in [9.17, 15) is 10.1 Å². The van der Waals surface area contributed by atoms with E-state index in [2.05, 4.69) is 10.3 Å². The molecule has 0 aliphatic rings. The summed E-state index contributed by atoms with van der Waals surface area (Å²) in [6, 6.07) is 8.51. The topological polar surface area (TPSA) is 94.1 Å². The molecule has 19 heavy (non-hydrogen) atoms. The Morgan fingerprint density at radius 1 is 1.37 bits per heavy atom. The number of nitro groups is 1. The smallest absolute Gasteiger partial charge is 0.292 e. The van der Waals surface area contributed by atoms with Gasteiger partial charge in [0.2, 0.25) is 0 Å². The molecular formula is C13H14N4O2. The highest BCUT2D eigenvalue weighted by Crippen LogP contribution is 2.24. The zero-order chi connectivity index (χ0) is 13.7. The standard InChI is InChI=1S/C13H14N4O2/c14-12-8-11(3-4-13(12)17(18)19)16-7-5-10-2-1-6-15-9-10/h1-4,6,8-9,16H,5,7,14H2. The van der Waals surface area contributed by atoms with E-state index in [4.69, 9.17) is 5.73 Å². The number of nitrogens with zero attached hydrogens (tertiary/aromatic N) is 2. The van der Waals surface area contributed by atoms with Crippen molar-refractivity contribution >= 4 is 17.1 Å². The Balaban J connectivity index is 1.93. The number of nitrogen functional groups attached to an aromatic ring is 1. The van der Waals surface area contributed by atoms with Gasteiger partial charge >= 0.3 is 0 Å². The third kappa shape index (κ3) is 3.41. The predicted molar refractivity (Wildman–Crippen MR) is 73.9 cm³/mol. The molecule has 0 amide bonds. The Morgan fingerprint density at radius 2 is 2.21 bits per heavy atom. The number of pyridine rings is 1. The van der Waals surface area contributed by atoms with Gasteiger partial charge in [-0.15, -0.1) is 0 Å². The molecule has 1 heterocycles. The van der Waals surface area contributed by atoms with Crippen LogP contribution in [0.4, 0.5) is 17.1 Å². The molecule has 2 aromatic rings. The number of anilines is 2. The average Bonchev–Trinajstić information content (AvgIpc) is 2.39. The number of nitrogens with one attached hydrogen (secondary N) is 1. The Bertz CT molecular complexity index is 572. The van der Waals surface area contributed by atoms with Crippen LogP contribution in [0.5, 0.6) is 0 Å². The molecule has 0 saturated carbocycles. The summed E-state index contributed by atoms with van der Waals surface area (Å²) in [4.78, 5) is 14.2. The van der Waals surface area contributed by atoms with E-state index < -0.39 is 4.92 Å². The molecule has 3 N–H and O–H groups in total. The SMILES string of the molecule is Nc1cc(NCCc2cccnc2)ccc1[N+](=O)[O-]. The lowest BCUT2D eigenvalue weighted by atomic mass is 10.2. The number of nitrogens with two attached hydrogens (primary N) is 1. The molecule has 0 saturated heterocycles. The first-order chi connectivity index (χ1) is 9.16. The molecule has 6 heteroatoms. The molecule has 0 spiro atoms. The van der Waals surface area contributed by atoms with Crippen molar-refractivity contribution in [3.05, 3.63) is 58.4 Å². The minimum atomic E-state index is -0.491. The normalized spacial score (nSPS) is 10.1. The summed E-state index contributed by atoms with van der Waals surface area (Å²) in [5.74, 6) is 0. The zero-order valence-corrected chi connectivity index (χ0v) is 10.2. The van der Waals surface area contributed by atoms with Gasteiger partial charge in [-0.25, -0.2) is 0 Å². The van der Waals surface area contributed by atoms with Gasteiger partial charge in [0.15, 0.2) is 0 Å². The van der Waals surface area contributed by atoms with Crippen LogP contribution in [0.15, 0.2) is 42.7 Å². The van der Waals surface area contributed by atoms with Crippen LogP contribution in [0.3, 0.4) is 0 Å². The number of rotatable bonds is 5. The molecule has 1 aromatic heterocycles. The second-order valence-electron chi connectivity index (χ2n) is 4.07. The highest BCUT2D eigenvalue weighted by Gasteiger charge is 2.10. The number of nitro benzene ring substituents is 1. The van der Waals surface area contributed by atoms with Gasteiger partial charge in [0.25, 0.3) is 5.69 Å². The van der Waals surface area contributed by atoms with Crippen LogP contribution in [0.25, 0.3) is 0 Å². The Labute approximate surface area is 110 Å². The maximum atomic E-state index is 10.6. The lowest BCUT2D eigenvalue weighted by Gasteiger charge is -2.07. The number of aromatic nitrogens is 1. The third-order valence-corrected chi connectivity index (χ3v) is 2.69. The summed E-state index contributed by atoms with van der Waals surface area (Å²) >= 11 is 0. The van der Waals surface area contributed by atoms with E-state index >= 15 is 0 Å². The van der Waals surface area contributed by atoms with Gasteiger partial charge in [-0.1, -0.05) is 6.07 Å². The van der Waals surface area contributed by atoms with E-state index in [0.717, 1.165) is 17.7 Å². The molecule has 6 nitrogen and oxygen atoms in total. The Hall–Kier alpha value is -2.63. The lowest BCUT2D eigenvalue weighted by molar-refractivity contribution is -0.383. The fourth-order valence-electron chi connectivity index (χ4n) is 1.73. The van der Waals surface area contributed by atoms with Crippen LogP contribution in [0.2, 0.25) is 0 Å². The maximum absolute atomic E-state index is 10.6. The summed E-state index contributed by atoms with van der Waals surface area (Å²) in [6.45, 7) is 0.711. The van der Waals surface area contributed by atoms with Gasteiger partial charge in [-0.3, -0.25) is 15.1 Å². The van der Waals surface area contributed by atoms with Gasteiger partial charge in [-0.05, 0) is 30.2 Å². The molecule has 98 valence electrons. The molecule has 0 radical (unpaired) electrons. The molecule has 0 bridgehead atoms. The van der Waals surface area contributed by atoms with E-state index in [1.807, 2.05) is 18.3 Å². The van der Waals surface area contributed by atoms with Gasteiger partial charge in [0.1, 0.15) is 5.69 Å². The highest BCUT2D eigenvalue weighted by molar-refractivity contribution is 5.65. The largest absolute Gasteiger partial charge is 0.393 e. The summed E-state index contributed by atoms with van der Waals surface area (Å²) in [5.41, 5.74) is 7.61. The third-order valence-electron chi connectivity index (χ3n) is 2.69. The second-order valence-corrected chi connectivity index (χ2v) is 4.07. The van der Waals surface area contributed by atoms with Gasteiger partial charge in [-0.2, -0.15) is 0 Å². The van der Waals surface area contributed by atoms with E-state index in [-0.39, 0.29) is 11.4 Å². The summed E-state index contributed by atoms with van der Waals surface area (Å²) in [5, 5.41) is 13.8. The summed E-state index contributed by atoms with van der Waals surface area (Å²) in [7, 11) is 0. The molecule has 0 fully saturated rings. The van der Waals surface area contributed by atoms with E-state index in [1.54, 1.807) is 18.3 Å². The molecule has 0 aliphatic heterocycles. The van der Waals surface area contributed by atoms with Gasteiger partial charge < -0.3 is 11.1 Å². The van der Waals surface area contributed by atoms with Crippen molar-refractivity contribution in [1.82, 2.24) is 4.98 Å². The fourth-order valence-corrected chi connectivity index (χ4v) is 1.73. The summed E-state index contributed by atoms with van der Waals surface area (Å²) < 4.78 is 0. The van der Waals surface area contributed by atoms with Crippen LogP contribution < -0.4 is 11.1 Å². The first kappa shape index (κ1) is 12.8. The number of hydrogen-bond donors (Lipinski definition) is 2. The van der Waals surface area contributed by atoms with Crippen molar-refractivity contribution in [3.8, 4) is 0 Å². The zero-order valence-electron chi connectivity index (χ0n) is 10.2. The molecule has 1 aromatic carbocycles. The quantitative estimate of drug-likeness (QED) is 0.487. The molecule has 2 rings (SSSR count). The molecule has 0 unspecified atom stereocenters. The monoisotopic (exact) mass is 258 g/mol. The predicted octanol–water partition coefficient (Wildman–Crippen LogP) is 2.23. The number of benzene rings is 1. The van der Waals surface area contributed by atoms with Crippen molar-refractivity contribution in [3.63, 3.8) is 0 Å². The molecule has 0 aliphatic carbocycles. The first-order valence-corrected chi connectivity index (χ1v) is 5.83. The molecule has 0 atom stereocenters. The average molecular weight is 258 g/mol. The van der Waals surface area contributed by atoms with Crippen molar-refractivity contribution < 1.29 is 4.92 Å². The van der Waals surface area contributed by atoms with Crippen LogP contribution in [0.1, 0.15) is 5.56 Å². The van der Waals surface area contributed by atoms with Crippen molar-refractivity contribution in [2.45, 2.75) is 6.42 Å². The Morgan fingerprint density at radius 3 is 2.84 bits per heavy atom. The fraction of sp³-hybridized carbons (Fsp3) is 0.154. The van der Waals surface area contributed by atoms with Crippen LogP contribution in [0, 0.1) is 10.1 Å². The summed E-state index contributed by atoms with van der Waals surface area (Å²) in [6.07, 6.45) is 4.37. The van der Waals surface area contributed by atoms with Crippen LogP contribution in [-0.4, -0.2) is 16.5 Å². The second kappa shape index (κ2) is 5.81. The van der Waals surface area contributed by atoms with Crippen molar-refractivity contribution in [1.29, 1.82) is 0 Å². The maximum Gasteiger partial charge on any atom is 0.292 e. The minimum absolute atomic E-state index is 0.0715. The van der Waals surface area contributed by atoms with Gasteiger partial charge in [0, 0.05) is 30.7 Å².